The highest BCUT2D eigenvalue weighted by molar-refractivity contribution is 5.83. The molecule has 1 aliphatic rings. The zero-order valence-electron chi connectivity index (χ0n) is 27.9. The Morgan fingerprint density at radius 2 is 1.77 bits per heavy atom. The molecule has 1 unspecified atom stereocenters. The topological polar surface area (TPSA) is 80.3 Å². The van der Waals surface area contributed by atoms with Gasteiger partial charge in [0.2, 0.25) is 5.79 Å². The van der Waals surface area contributed by atoms with Crippen LogP contribution in [0, 0.1) is 11.3 Å². The Morgan fingerprint density at radius 3 is 2.40 bits per heavy atom. The first kappa shape index (κ1) is 36.7. The normalized spacial score (nSPS) is 23.3. The summed E-state index contributed by atoms with van der Waals surface area (Å²) < 4.78 is 30.6. The predicted molar refractivity (Wildman–Crippen MR) is 170 cm³/mol. The lowest BCUT2D eigenvalue weighted by Gasteiger charge is -2.53. The zero-order chi connectivity index (χ0) is 31.9. The van der Waals surface area contributed by atoms with Crippen molar-refractivity contribution in [2.45, 2.75) is 130 Å². The van der Waals surface area contributed by atoms with Gasteiger partial charge in [0.25, 0.3) is 0 Å². The number of esters is 2. The van der Waals surface area contributed by atoms with Gasteiger partial charge in [-0.1, -0.05) is 103 Å². The summed E-state index contributed by atoms with van der Waals surface area (Å²) in [6, 6.07) is 10.1. The lowest BCUT2D eigenvalue weighted by molar-refractivity contribution is -0.337. The maximum atomic E-state index is 13.2. The molecule has 0 radical (unpaired) electrons. The molecule has 7 nitrogen and oxygen atoms in total. The SMILES string of the molecule is CC/C=C/C(C)(C)[C@]1(OC)O[C@H](C[C@@H](C)C(C)OCc2ccccc2)C/C(=C\C(=O)OC)[C@@H]1OC(=O)CCCCCCC. The Bertz CT molecular complexity index is 1030. The van der Waals surface area contributed by atoms with Crippen LogP contribution in [0.25, 0.3) is 0 Å². The molecular weight excluding hydrogens is 544 g/mol. The van der Waals surface area contributed by atoms with E-state index in [-0.39, 0.29) is 24.1 Å². The lowest BCUT2D eigenvalue weighted by Crippen LogP contribution is -2.63. The van der Waals surface area contributed by atoms with Gasteiger partial charge in [0.05, 0.1) is 25.9 Å². The van der Waals surface area contributed by atoms with E-state index in [0.29, 0.717) is 31.4 Å². The van der Waals surface area contributed by atoms with Crippen molar-refractivity contribution in [3.05, 3.63) is 59.7 Å². The van der Waals surface area contributed by atoms with Crippen LogP contribution in [0.5, 0.6) is 0 Å². The Kier molecular flexibility index (Phi) is 15.7. The summed E-state index contributed by atoms with van der Waals surface area (Å²) in [7, 11) is 2.93. The zero-order valence-corrected chi connectivity index (χ0v) is 27.9. The van der Waals surface area contributed by atoms with Crippen LogP contribution in [0.3, 0.4) is 0 Å². The van der Waals surface area contributed by atoms with Crippen molar-refractivity contribution >= 4 is 11.9 Å². The van der Waals surface area contributed by atoms with Crippen molar-refractivity contribution in [1.29, 1.82) is 0 Å². The van der Waals surface area contributed by atoms with E-state index in [2.05, 4.69) is 52.0 Å². The van der Waals surface area contributed by atoms with E-state index in [9.17, 15) is 9.59 Å². The number of carbonyl (C=O) groups excluding carboxylic acids is 2. The van der Waals surface area contributed by atoms with E-state index in [1.807, 2.05) is 32.0 Å². The van der Waals surface area contributed by atoms with Crippen LogP contribution < -0.4 is 0 Å². The van der Waals surface area contributed by atoms with Gasteiger partial charge >= 0.3 is 11.9 Å². The van der Waals surface area contributed by atoms with E-state index < -0.39 is 23.3 Å². The van der Waals surface area contributed by atoms with Crippen molar-refractivity contribution < 1.29 is 33.3 Å². The number of methoxy groups -OCH3 is 2. The van der Waals surface area contributed by atoms with Gasteiger partial charge in [0.1, 0.15) is 0 Å². The summed E-state index contributed by atoms with van der Waals surface area (Å²) in [6.45, 7) is 13.0. The van der Waals surface area contributed by atoms with Crippen LogP contribution >= 0.6 is 0 Å². The van der Waals surface area contributed by atoms with Gasteiger partial charge in [-0.3, -0.25) is 4.79 Å². The highest BCUT2D eigenvalue weighted by Gasteiger charge is 2.59. The molecule has 7 heteroatoms. The molecule has 1 aromatic carbocycles. The van der Waals surface area contributed by atoms with Gasteiger partial charge < -0.3 is 23.7 Å². The Labute approximate surface area is 260 Å². The number of unbranched alkanes of at least 4 members (excludes halogenated alkanes) is 4. The van der Waals surface area contributed by atoms with Crippen molar-refractivity contribution in [2.75, 3.05) is 14.2 Å². The molecule has 1 aliphatic heterocycles. The number of rotatable bonds is 18. The molecule has 5 atom stereocenters. The van der Waals surface area contributed by atoms with E-state index in [0.717, 1.165) is 44.1 Å². The molecule has 2 rings (SSSR count). The van der Waals surface area contributed by atoms with Gasteiger partial charge in [-0.25, -0.2) is 4.79 Å². The summed E-state index contributed by atoms with van der Waals surface area (Å²) >= 11 is 0. The number of benzene rings is 1. The van der Waals surface area contributed by atoms with Crippen LogP contribution in [-0.2, 0) is 39.9 Å². The minimum Gasteiger partial charge on any atom is -0.466 e. The monoisotopic (exact) mass is 600 g/mol. The molecule has 0 aromatic heterocycles. The van der Waals surface area contributed by atoms with Crippen molar-refractivity contribution in [1.82, 2.24) is 0 Å². The van der Waals surface area contributed by atoms with Gasteiger partial charge in [-0.15, -0.1) is 0 Å². The first-order valence-corrected chi connectivity index (χ1v) is 16.1. The second-order valence-electron chi connectivity index (χ2n) is 12.3. The average Bonchev–Trinajstić information content (AvgIpc) is 3.00. The predicted octanol–water partition coefficient (Wildman–Crippen LogP) is 8.11. The number of carbonyl (C=O) groups is 2. The summed E-state index contributed by atoms with van der Waals surface area (Å²) in [4.78, 5) is 25.8. The number of hydrogen-bond acceptors (Lipinski definition) is 7. The van der Waals surface area contributed by atoms with E-state index in [1.165, 1.54) is 13.2 Å². The lowest BCUT2D eigenvalue weighted by atomic mass is 9.73. The highest BCUT2D eigenvalue weighted by Crippen LogP contribution is 2.49. The van der Waals surface area contributed by atoms with Gasteiger partial charge in [-0.05, 0) is 49.7 Å². The summed E-state index contributed by atoms with van der Waals surface area (Å²) in [5.41, 5.74) is 1.04. The number of ether oxygens (including phenoxy) is 5. The van der Waals surface area contributed by atoms with E-state index in [1.54, 1.807) is 7.11 Å². The fourth-order valence-corrected chi connectivity index (χ4v) is 5.67. The molecule has 242 valence electrons. The van der Waals surface area contributed by atoms with E-state index in [4.69, 9.17) is 23.7 Å². The first-order chi connectivity index (χ1) is 20.5. The second-order valence-corrected chi connectivity index (χ2v) is 12.3. The van der Waals surface area contributed by atoms with Gasteiger partial charge in [-0.2, -0.15) is 0 Å². The van der Waals surface area contributed by atoms with Crippen LogP contribution in [0.4, 0.5) is 0 Å². The smallest absolute Gasteiger partial charge is 0.330 e. The molecular formula is C36H56O7. The average molecular weight is 601 g/mol. The quantitative estimate of drug-likeness (QED) is 0.0729. The largest absolute Gasteiger partial charge is 0.466 e. The molecule has 0 aliphatic carbocycles. The van der Waals surface area contributed by atoms with Crippen LogP contribution in [0.2, 0.25) is 0 Å². The Morgan fingerprint density at radius 1 is 1.07 bits per heavy atom. The fourth-order valence-electron chi connectivity index (χ4n) is 5.67. The van der Waals surface area contributed by atoms with Crippen molar-refractivity contribution in [3.63, 3.8) is 0 Å². The summed E-state index contributed by atoms with van der Waals surface area (Å²) in [5, 5.41) is 0. The molecule has 43 heavy (non-hydrogen) atoms. The summed E-state index contributed by atoms with van der Waals surface area (Å²) in [6.07, 6.45) is 11.6. The standard InChI is InChI=1S/C36H56O7/c1-9-11-13-14-18-21-32(37)42-34-30(25-33(38)39-7)24-31(43-36(34,40-8)35(5,6)22-12-10-2)23-27(3)28(4)41-26-29-19-16-15-17-20-29/h12,15-17,19-20,22,25,27-28,31,34H,9-11,13-14,18,21,23-24,26H2,1-8H3/b22-12+,30-25+/t27-,28?,31-,34+,36-/m1/s1. The van der Waals surface area contributed by atoms with E-state index >= 15 is 0 Å². The minimum atomic E-state index is -1.37. The van der Waals surface area contributed by atoms with Crippen LogP contribution in [-0.4, -0.2) is 50.3 Å². The maximum absolute atomic E-state index is 13.2. The molecule has 0 saturated carbocycles. The summed E-state index contributed by atoms with van der Waals surface area (Å²) in [5.74, 6) is -2.06. The van der Waals surface area contributed by atoms with Crippen molar-refractivity contribution in [3.8, 4) is 0 Å². The Hall–Kier alpha value is -2.48. The second kappa shape index (κ2) is 18.4. The number of hydrogen-bond donors (Lipinski definition) is 0. The maximum Gasteiger partial charge on any atom is 0.330 e. The molecule has 0 amide bonds. The highest BCUT2D eigenvalue weighted by atomic mass is 16.7. The third-order valence-corrected chi connectivity index (χ3v) is 8.49. The third-order valence-electron chi connectivity index (χ3n) is 8.49. The minimum absolute atomic E-state index is 0.0370. The van der Waals surface area contributed by atoms with Crippen LogP contribution in [0.1, 0.15) is 105 Å². The van der Waals surface area contributed by atoms with Gasteiger partial charge in [0.15, 0.2) is 6.10 Å². The first-order valence-electron chi connectivity index (χ1n) is 16.1. The van der Waals surface area contributed by atoms with Crippen LogP contribution in [0.15, 0.2) is 54.1 Å². The molecule has 1 aromatic rings. The molecule has 1 fully saturated rings. The molecule has 0 bridgehead atoms. The molecule has 0 spiro atoms. The number of allylic oxidation sites excluding steroid dienone is 1. The third kappa shape index (κ3) is 10.9. The Balaban J connectivity index is 2.37. The molecule has 1 heterocycles. The van der Waals surface area contributed by atoms with Gasteiger partial charge in [0, 0.05) is 25.0 Å². The molecule has 1 saturated heterocycles. The molecule has 0 N–H and O–H groups in total. The van der Waals surface area contributed by atoms with Crippen molar-refractivity contribution in [2.24, 2.45) is 11.3 Å². The fraction of sp³-hybridized carbons (Fsp3) is 0.667.